The summed E-state index contributed by atoms with van der Waals surface area (Å²) in [6.45, 7) is 0. The number of hydrogen-bond donors (Lipinski definition) is 1. The molecular formula is C15H19BrClNO. The lowest BCUT2D eigenvalue weighted by atomic mass is 9.95. The molecule has 1 N–H and O–H groups in total. The lowest BCUT2D eigenvalue weighted by Gasteiger charge is -2.24. The minimum absolute atomic E-state index is 0.0758. The summed E-state index contributed by atoms with van der Waals surface area (Å²) < 4.78 is 0. The van der Waals surface area contributed by atoms with Gasteiger partial charge < -0.3 is 5.32 Å². The number of amides is 1. The van der Waals surface area contributed by atoms with Crippen LogP contribution < -0.4 is 5.32 Å². The van der Waals surface area contributed by atoms with Gasteiger partial charge in [0.25, 0.3) is 0 Å². The SMILES string of the molecule is O=C(NC1CCCCC1)C(Br)Cc1ccccc1Cl. The van der Waals surface area contributed by atoms with E-state index in [1.807, 2.05) is 24.3 Å². The Balaban J connectivity index is 1.87. The number of carbonyl (C=O) groups is 1. The molecule has 1 aliphatic carbocycles. The van der Waals surface area contributed by atoms with E-state index in [4.69, 9.17) is 11.6 Å². The molecule has 0 radical (unpaired) electrons. The molecule has 1 aliphatic rings. The summed E-state index contributed by atoms with van der Waals surface area (Å²) in [6, 6.07) is 8.02. The van der Waals surface area contributed by atoms with E-state index in [0.717, 1.165) is 23.4 Å². The second-order valence-corrected chi connectivity index (χ2v) is 6.62. The van der Waals surface area contributed by atoms with Crippen LogP contribution in [0.5, 0.6) is 0 Å². The van der Waals surface area contributed by atoms with Crippen molar-refractivity contribution in [3.05, 3.63) is 34.9 Å². The van der Waals surface area contributed by atoms with E-state index < -0.39 is 0 Å². The van der Waals surface area contributed by atoms with Crippen molar-refractivity contribution in [2.24, 2.45) is 0 Å². The van der Waals surface area contributed by atoms with E-state index in [1.165, 1.54) is 19.3 Å². The number of rotatable bonds is 4. The van der Waals surface area contributed by atoms with Crippen LogP contribution in [0, 0.1) is 0 Å². The molecule has 104 valence electrons. The van der Waals surface area contributed by atoms with Gasteiger partial charge in [0.05, 0.1) is 4.83 Å². The van der Waals surface area contributed by atoms with Gasteiger partial charge >= 0.3 is 0 Å². The topological polar surface area (TPSA) is 29.1 Å². The van der Waals surface area contributed by atoms with Crippen molar-refractivity contribution in [3.8, 4) is 0 Å². The molecular weight excluding hydrogens is 326 g/mol. The normalized spacial score (nSPS) is 18.0. The minimum Gasteiger partial charge on any atom is -0.352 e. The first-order valence-corrected chi connectivity index (χ1v) is 8.14. The molecule has 1 atom stereocenters. The van der Waals surface area contributed by atoms with E-state index in [9.17, 15) is 4.79 Å². The van der Waals surface area contributed by atoms with Gasteiger partial charge in [-0.2, -0.15) is 0 Å². The van der Waals surface area contributed by atoms with Crippen molar-refractivity contribution in [1.29, 1.82) is 0 Å². The molecule has 2 rings (SSSR count). The third-order valence-electron chi connectivity index (χ3n) is 3.59. The Labute approximate surface area is 128 Å². The van der Waals surface area contributed by atoms with Gasteiger partial charge in [-0.25, -0.2) is 0 Å². The van der Waals surface area contributed by atoms with Crippen LogP contribution >= 0.6 is 27.5 Å². The third kappa shape index (κ3) is 4.50. The van der Waals surface area contributed by atoms with Crippen molar-refractivity contribution in [2.75, 3.05) is 0 Å². The number of alkyl halides is 1. The fraction of sp³-hybridized carbons (Fsp3) is 0.533. The Morgan fingerprint density at radius 2 is 2.00 bits per heavy atom. The quantitative estimate of drug-likeness (QED) is 0.819. The molecule has 1 unspecified atom stereocenters. The van der Waals surface area contributed by atoms with Crippen molar-refractivity contribution in [2.45, 2.75) is 49.4 Å². The van der Waals surface area contributed by atoms with E-state index in [-0.39, 0.29) is 10.7 Å². The monoisotopic (exact) mass is 343 g/mol. The number of carbonyl (C=O) groups excluding carboxylic acids is 1. The highest BCUT2D eigenvalue weighted by Gasteiger charge is 2.21. The van der Waals surface area contributed by atoms with Crippen LogP contribution in [-0.2, 0) is 11.2 Å². The van der Waals surface area contributed by atoms with Crippen LogP contribution in [0.25, 0.3) is 0 Å². The van der Waals surface area contributed by atoms with Crippen LogP contribution in [0.1, 0.15) is 37.7 Å². The predicted molar refractivity (Wildman–Crippen MR) is 82.9 cm³/mol. The maximum absolute atomic E-state index is 12.1. The van der Waals surface area contributed by atoms with Crippen molar-refractivity contribution >= 4 is 33.4 Å². The molecule has 0 spiro atoms. The molecule has 0 heterocycles. The minimum atomic E-state index is -0.214. The van der Waals surface area contributed by atoms with Gasteiger partial charge in [0.1, 0.15) is 0 Å². The predicted octanol–water partition coefficient (Wildman–Crippen LogP) is 4.09. The lowest BCUT2D eigenvalue weighted by Crippen LogP contribution is -2.41. The summed E-state index contributed by atoms with van der Waals surface area (Å²) in [5.41, 5.74) is 1.00. The Kier molecular flexibility index (Phi) is 5.71. The molecule has 1 fully saturated rings. The van der Waals surface area contributed by atoms with Gasteiger partial charge in [-0.3, -0.25) is 4.79 Å². The number of benzene rings is 1. The number of hydrogen-bond acceptors (Lipinski definition) is 1. The van der Waals surface area contributed by atoms with Crippen LogP contribution in [0.15, 0.2) is 24.3 Å². The second kappa shape index (κ2) is 7.30. The fourth-order valence-corrected chi connectivity index (χ4v) is 3.18. The van der Waals surface area contributed by atoms with Crippen LogP contribution in [-0.4, -0.2) is 16.8 Å². The van der Waals surface area contributed by atoms with Gasteiger partial charge in [-0.05, 0) is 30.9 Å². The van der Waals surface area contributed by atoms with E-state index in [1.54, 1.807) is 0 Å². The summed E-state index contributed by atoms with van der Waals surface area (Å²) >= 11 is 9.58. The first-order valence-electron chi connectivity index (χ1n) is 6.84. The van der Waals surface area contributed by atoms with Crippen LogP contribution in [0.2, 0.25) is 5.02 Å². The lowest BCUT2D eigenvalue weighted by molar-refractivity contribution is -0.121. The Hall–Kier alpha value is -0.540. The van der Waals surface area contributed by atoms with Gasteiger partial charge in [0.15, 0.2) is 0 Å². The maximum Gasteiger partial charge on any atom is 0.234 e. The van der Waals surface area contributed by atoms with Gasteiger partial charge in [0.2, 0.25) is 5.91 Å². The van der Waals surface area contributed by atoms with Gasteiger partial charge in [-0.15, -0.1) is 0 Å². The standard InChI is InChI=1S/C15H19BrClNO/c16-13(10-11-6-4-5-9-14(11)17)15(19)18-12-7-2-1-3-8-12/h4-6,9,12-13H,1-3,7-8,10H2,(H,18,19). The molecule has 1 amide bonds. The first-order chi connectivity index (χ1) is 9.16. The largest absolute Gasteiger partial charge is 0.352 e. The molecule has 0 aliphatic heterocycles. The number of halogens is 2. The van der Waals surface area contributed by atoms with E-state index in [2.05, 4.69) is 21.2 Å². The second-order valence-electron chi connectivity index (χ2n) is 5.11. The van der Waals surface area contributed by atoms with Crippen molar-refractivity contribution < 1.29 is 4.79 Å². The highest BCUT2D eigenvalue weighted by atomic mass is 79.9. The average molecular weight is 345 g/mol. The molecule has 0 bridgehead atoms. The molecule has 0 aromatic heterocycles. The zero-order valence-electron chi connectivity index (χ0n) is 10.9. The highest BCUT2D eigenvalue weighted by Crippen LogP contribution is 2.21. The van der Waals surface area contributed by atoms with E-state index in [0.29, 0.717) is 12.5 Å². The van der Waals surface area contributed by atoms with Crippen LogP contribution in [0.4, 0.5) is 0 Å². The molecule has 4 heteroatoms. The van der Waals surface area contributed by atoms with Crippen LogP contribution in [0.3, 0.4) is 0 Å². The maximum atomic E-state index is 12.1. The Bertz CT molecular complexity index is 432. The molecule has 1 aromatic carbocycles. The van der Waals surface area contributed by atoms with Crippen molar-refractivity contribution in [1.82, 2.24) is 5.32 Å². The molecule has 0 saturated heterocycles. The number of nitrogens with one attached hydrogen (secondary N) is 1. The van der Waals surface area contributed by atoms with Crippen molar-refractivity contribution in [3.63, 3.8) is 0 Å². The Morgan fingerprint density at radius 1 is 1.32 bits per heavy atom. The molecule has 2 nitrogen and oxygen atoms in total. The molecule has 1 aromatic rings. The zero-order valence-corrected chi connectivity index (χ0v) is 13.2. The summed E-state index contributed by atoms with van der Waals surface area (Å²) in [7, 11) is 0. The average Bonchev–Trinajstić information content (AvgIpc) is 2.42. The Morgan fingerprint density at radius 3 is 2.68 bits per heavy atom. The fourth-order valence-electron chi connectivity index (χ4n) is 2.49. The molecule has 19 heavy (non-hydrogen) atoms. The summed E-state index contributed by atoms with van der Waals surface area (Å²) in [4.78, 5) is 11.9. The highest BCUT2D eigenvalue weighted by molar-refractivity contribution is 9.10. The zero-order chi connectivity index (χ0) is 13.7. The smallest absolute Gasteiger partial charge is 0.234 e. The summed E-state index contributed by atoms with van der Waals surface area (Å²) in [5, 5.41) is 3.85. The first kappa shape index (κ1) is 14.9. The van der Waals surface area contributed by atoms with Gasteiger partial charge in [-0.1, -0.05) is 65.0 Å². The van der Waals surface area contributed by atoms with Gasteiger partial charge in [0, 0.05) is 11.1 Å². The summed E-state index contributed by atoms with van der Waals surface area (Å²) in [6.07, 6.45) is 6.59. The molecule has 1 saturated carbocycles. The summed E-state index contributed by atoms with van der Waals surface area (Å²) in [5.74, 6) is 0.0758. The van der Waals surface area contributed by atoms with E-state index >= 15 is 0 Å². The third-order valence-corrected chi connectivity index (χ3v) is 4.70.